The van der Waals surface area contributed by atoms with Crippen LogP contribution >= 0.6 is 0 Å². The van der Waals surface area contributed by atoms with Gasteiger partial charge in [-0.2, -0.15) is 0 Å². The van der Waals surface area contributed by atoms with Crippen molar-refractivity contribution in [2.24, 2.45) is 5.18 Å². The van der Waals surface area contributed by atoms with Crippen LogP contribution in [-0.4, -0.2) is 0 Å². The van der Waals surface area contributed by atoms with Gasteiger partial charge in [-0.15, -0.1) is 4.91 Å². The first-order chi connectivity index (χ1) is 7.90. The van der Waals surface area contributed by atoms with Gasteiger partial charge in [-0.3, -0.25) is 0 Å². The van der Waals surface area contributed by atoms with Gasteiger partial charge in [0.15, 0.2) is 0 Å². The highest BCUT2D eigenvalue weighted by Gasteiger charge is 2.00. The Bertz CT molecular complexity index is 468. The minimum Gasteiger partial charge on any atom is -0.381 e. The Morgan fingerprint density at radius 1 is 0.938 bits per heavy atom. The van der Waals surface area contributed by atoms with Crippen LogP contribution < -0.4 is 5.32 Å². The van der Waals surface area contributed by atoms with Crippen LogP contribution in [0.3, 0.4) is 0 Å². The molecule has 0 aliphatic carbocycles. The standard InChI is InChI=1S/C13H12N2O/c16-15-13-9-5-4-6-11(13)10-14-12-7-2-1-3-8-12/h1-9,14H,10H2. The second-order valence-corrected chi connectivity index (χ2v) is 3.44. The monoisotopic (exact) mass is 212 g/mol. The van der Waals surface area contributed by atoms with E-state index in [0.29, 0.717) is 12.2 Å². The van der Waals surface area contributed by atoms with Gasteiger partial charge in [0.25, 0.3) is 0 Å². The zero-order chi connectivity index (χ0) is 11.2. The largest absolute Gasteiger partial charge is 0.381 e. The first-order valence-corrected chi connectivity index (χ1v) is 5.10. The van der Waals surface area contributed by atoms with Crippen molar-refractivity contribution in [1.29, 1.82) is 0 Å². The Kier molecular flexibility index (Phi) is 3.28. The van der Waals surface area contributed by atoms with E-state index in [0.717, 1.165) is 11.3 Å². The van der Waals surface area contributed by atoms with Crippen molar-refractivity contribution in [2.45, 2.75) is 6.54 Å². The maximum atomic E-state index is 10.6. The summed E-state index contributed by atoms with van der Waals surface area (Å²) in [7, 11) is 0. The Hall–Kier alpha value is -2.16. The highest BCUT2D eigenvalue weighted by molar-refractivity contribution is 5.49. The minimum absolute atomic E-state index is 0.492. The lowest BCUT2D eigenvalue weighted by molar-refractivity contribution is 1.14. The van der Waals surface area contributed by atoms with Gasteiger partial charge in [0.2, 0.25) is 0 Å². The summed E-state index contributed by atoms with van der Waals surface area (Å²) in [5.41, 5.74) is 2.43. The lowest BCUT2D eigenvalue weighted by Crippen LogP contribution is -1.98. The van der Waals surface area contributed by atoms with Crippen LogP contribution in [0.4, 0.5) is 11.4 Å². The molecule has 0 aliphatic heterocycles. The van der Waals surface area contributed by atoms with Gasteiger partial charge in [0.05, 0.1) is 0 Å². The molecule has 0 amide bonds. The van der Waals surface area contributed by atoms with E-state index in [1.807, 2.05) is 48.5 Å². The highest BCUT2D eigenvalue weighted by Crippen LogP contribution is 2.19. The molecule has 0 heterocycles. The third-order valence-electron chi connectivity index (χ3n) is 2.35. The van der Waals surface area contributed by atoms with Crippen LogP contribution in [0.5, 0.6) is 0 Å². The molecule has 80 valence electrons. The molecule has 0 atom stereocenters. The molecule has 3 nitrogen and oxygen atoms in total. The maximum Gasteiger partial charge on any atom is 0.112 e. The molecule has 0 aliphatic rings. The SMILES string of the molecule is O=Nc1ccccc1CNc1ccccc1. The predicted octanol–water partition coefficient (Wildman–Crippen LogP) is 3.70. The first kappa shape index (κ1) is 10.4. The Morgan fingerprint density at radius 2 is 1.62 bits per heavy atom. The summed E-state index contributed by atoms with van der Waals surface area (Å²) in [6.07, 6.45) is 0. The molecule has 3 heteroatoms. The molecule has 0 unspecified atom stereocenters. The van der Waals surface area contributed by atoms with Gasteiger partial charge in [-0.05, 0) is 23.4 Å². The molecule has 1 N–H and O–H groups in total. The van der Waals surface area contributed by atoms with E-state index >= 15 is 0 Å². The van der Waals surface area contributed by atoms with E-state index in [-0.39, 0.29) is 0 Å². The summed E-state index contributed by atoms with van der Waals surface area (Å²) >= 11 is 0. The zero-order valence-electron chi connectivity index (χ0n) is 8.76. The van der Waals surface area contributed by atoms with Crippen LogP contribution in [-0.2, 0) is 6.54 Å². The normalized spacial score (nSPS) is 9.75. The van der Waals surface area contributed by atoms with Crippen molar-refractivity contribution in [3.8, 4) is 0 Å². The molecule has 0 radical (unpaired) electrons. The summed E-state index contributed by atoms with van der Waals surface area (Å²) in [4.78, 5) is 10.6. The summed E-state index contributed by atoms with van der Waals surface area (Å²) in [6, 6.07) is 17.2. The Morgan fingerprint density at radius 3 is 2.38 bits per heavy atom. The quantitative estimate of drug-likeness (QED) is 0.785. The topological polar surface area (TPSA) is 41.5 Å². The van der Waals surface area contributed by atoms with Crippen LogP contribution in [0.2, 0.25) is 0 Å². The molecule has 0 saturated heterocycles. The molecule has 0 spiro atoms. The lowest BCUT2D eigenvalue weighted by Gasteiger charge is -2.07. The third-order valence-corrected chi connectivity index (χ3v) is 2.35. The van der Waals surface area contributed by atoms with E-state index in [1.165, 1.54) is 0 Å². The van der Waals surface area contributed by atoms with Crippen LogP contribution in [0.25, 0.3) is 0 Å². The summed E-state index contributed by atoms with van der Waals surface area (Å²) < 4.78 is 0. The van der Waals surface area contributed by atoms with E-state index in [2.05, 4.69) is 10.5 Å². The number of nitroso groups, excluding NO2 is 1. The fraction of sp³-hybridized carbons (Fsp3) is 0.0769. The smallest absolute Gasteiger partial charge is 0.112 e. The molecule has 2 aromatic rings. The first-order valence-electron chi connectivity index (χ1n) is 5.10. The van der Waals surface area contributed by atoms with Gasteiger partial charge < -0.3 is 5.32 Å². The van der Waals surface area contributed by atoms with Gasteiger partial charge in [0.1, 0.15) is 5.69 Å². The van der Waals surface area contributed by atoms with Crippen molar-refractivity contribution >= 4 is 11.4 Å². The molecule has 0 saturated carbocycles. The van der Waals surface area contributed by atoms with Crippen molar-refractivity contribution in [3.05, 3.63) is 65.1 Å². The highest BCUT2D eigenvalue weighted by atomic mass is 16.3. The minimum atomic E-state index is 0.492. The number of benzene rings is 2. The number of hydrogen-bond donors (Lipinski definition) is 1. The summed E-state index contributed by atoms with van der Waals surface area (Å²) in [5.74, 6) is 0. The van der Waals surface area contributed by atoms with Crippen molar-refractivity contribution < 1.29 is 0 Å². The molecular formula is C13H12N2O. The Balaban J connectivity index is 2.08. The second kappa shape index (κ2) is 5.07. The molecule has 2 rings (SSSR count). The number of rotatable bonds is 4. The zero-order valence-corrected chi connectivity index (χ0v) is 8.76. The predicted molar refractivity (Wildman–Crippen MR) is 65.7 cm³/mol. The number of para-hydroxylation sites is 1. The van der Waals surface area contributed by atoms with E-state index < -0.39 is 0 Å². The molecular weight excluding hydrogens is 200 g/mol. The van der Waals surface area contributed by atoms with Crippen LogP contribution in [0, 0.1) is 4.91 Å². The average molecular weight is 212 g/mol. The number of nitrogens with zero attached hydrogens (tertiary/aromatic N) is 1. The number of hydrogen-bond acceptors (Lipinski definition) is 3. The fourth-order valence-electron chi connectivity index (χ4n) is 1.50. The molecule has 0 bridgehead atoms. The third kappa shape index (κ3) is 2.45. The molecule has 16 heavy (non-hydrogen) atoms. The van der Waals surface area contributed by atoms with Gasteiger partial charge in [0, 0.05) is 17.8 Å². The van der Waals surface area contributed by atoms with Crippen molar-refractivity contribution in [3.63, 3.8) is 0 Å². The van der Waals surface area contributed by atoms with E-state index in [9.17, 15) is 4.91 Å². The molecule has 0 aromatic heterocycles. The second-order valence-electron chi connectivity index (χ2n) is 3.44. The lowest BCUT2D eigenvalue weighted by atomic mass is 10.2. The average Bonchev–Trinajstić information content (AvgIpc) is 2.38. The Labute approximate surface area is 94.1 Å². The van der Waals surface area contributed by atoms with Gasteiger partial charge in [-0.25, -0.2) is 0 Å². The van der Waals surface area contributed by atoms with Crippen LogP contribution in [0.1, 0.15) is 5.56 Å². The summed E-state index contributed by atoms with van der Waals surface area (Å²) in [5, 5.41) is 6.23. The van der Waals surface area contributed by atoms with E-state index in [1.54, 1.807) is 6.07 Å². The number of nitrogens with one attached hydrogen (secondary N) is 1. The number of anilines is 1. The van der Waals surface area contributed by atoms with Gasteiger partial charge in [-0.1, -0.05) is 36.4 Å². The molecule has 2 aromatic carbocycles. The summed E-state index contributed by atoms with van der Waals surface area (Å²) in [6.45, 7) is 0.603. The fourth-order valence-corrected chi connectivity index (χ4v) is 1.50. The molecule has 0 fully saturated rings. The maximum absolute atomic E-state index is 10.6. The van der Waals surface area contributed by atoms with Crippen molar-refractivity contribution in [1.82, 2.24) is 0 Å². The van der Waals surface area contributed by atoms with E-state index in [4.69, 9.17) is 0 Å². The van der Waals surface area contributed by atoms with Gasteiger partial charge >= 0.3 is 0 Å². The van der Waals surface area contributed by atoms with Crippen LogP contribution in [0.15, 0.2) is 59.8 Å². The van der Waals surface area contributed by atoms with Crippen molar-refractivity contribution in [2.75, 3.05) is 5.32 Å².